The number of hydrogen-bond acceptors (Lipinski definition) is 2. The van der Waals surface area contributed by atoms with E-state index in [1.807, 2.05) is 22.7 Å². The summed E-state index contributed by atoms with van der Waals surface area (Å²) in [5, 5.41) is 2.91. The molecule has 0 N–H and O–H groups in total. The summed E-state index contributed by atoms with van der Waals surface area (Å²) in [6, 6.07) is 17.8. The number of thiophene rings is 2. The SMILES string of the molecule is C1=C/CCc2c(sc3ccccc23)-c2sc3ccccc3c2CC/1. The van der Waals surface area contributed by atoms with Crippen LogP contribution in [0.3, 0.4) is 0 Å². The fourth-order valence-corrected chi connectivity index (χ4v) is 6.44. The highest BCUT2D eigenvalue weighted by Gasteiger charge is 2.20. The van der Waals surface area contributed by atoms with Gasteiger partial charge >= 0.3 is 0 Å². The monoisotopic (exact) mass is 346 g/mol. The molecule has 0 saturated carbocycles. The molecule has 0 radical (unpaired) electrons. The molecule has 0 saturated heterocycles. The van der Waals surface area contributed by atoms with Crippen LogP contribution in [0.1, 0.15) is 24.0 Å². The third kappa shape index (κ3) is 2.25. The predicted molar refractivity (Wildman–Crippen MR) is 108 cm³/mol. The Morgan fingerprint density at radius 1 is 0.583 bits per heavy atom. The van der Waals surface area contributed by atoms with Gasteiger partial charge in [-0.2, -0.15) is 0 Å². The van der Waals surface area contributed by atoms with Crippen LogP contribution in [0.15, 0.2) is 60.7 Å². The van der Waals surface area contributed by atoms with Crippen LogP contribution in [0.25, 0.3) is 29.9 Å². The van der Waals surface area contributed by atoms with Crippen molar-refractivity contribution in [2.45, 2.75) is 25.7 Å². The summed E-state index contributed by atoms with van der Waals surface area (Å²) < 4.78 is 2.85. The summed E-state index contributed by atoms with van der Waals surface area (Å²) in [6.45, 7) is 0. The van der Waals surface area contributed by atoms with Crippen LogP contribution in [-0.2, 0) is 12.8 Å². The van der Waals surface area contributed by atoms with E-state index in [0.717, 1.165) is 25.7 Å². The Hall–Kier alpha value is -1.90. The van der Waals surface area contributed by atoms with Gasteiger partial charge in [-0.05, 0) is 59.7 Å². The third-order valence-corrected chi connectivity index (χ3v) is 7.48. The lowest BCUT2D eigenvalue weighted by molar-refractivity contribution is 0.968. The Labute approximate surface area is 150 Å². The van der Waals surface area contributed by atoms with Gasteiger partial charge in [0.25, 0.3) is 0 Å². The molecule has 0 atom stereocenters. The summed E-state index contributed by atoms with van der Waals surface area (Å²) >= 11 is 3.97. The first-order valence-corrected chi connectivity index (χ1v) is 10.2. The Kier molecular flexibility index (Phi) is 3.53. The second kappa shape index (κ2) is 5.87. The van der Waals surface area contributed by atoms with E-state index in [0.29, 0.717) is 0 Å². The van der Waals surface area contributed by atoms with Crippen LogP contribution in [0.5, 0.6) is 0 Å². The van der Waals surface area contributed by atoms with Gasteiger partial charge < -0.3 is 0 Å². The number of benzene rings is 2. The van der Waals surface area contributed by atoms with Crippen molar-refractivity contribution in [1.29, 1.82) is 0 Å². The average Bonchev–Trinajstić information content (AvgIpc) is 3.17. The maximum atomic E-state index is 2.37. The van der Waals surface area contributed by atoms with Crippen molar-refractivity contribution in [3.05, 3.63) is 71.8 Å². The van der Waals surface area contributed by atoms with E-state index in [1.165, 1.54) is 29.9 Å². The Bertz CT molecular complexity index is 976. The summed E-state index contributed by atoms with van der Waals surface area (Å²) in [7, 11) is 0. The average molecular weight is 347 g/mol. The van der Waals surface area contributed by atoms with Crippen molar-refractivity contribution in [2.75, 3.05) is 0 Å². The zero-order chi connectivity index (χ0) is 15.9. The van der Waals surface area contributed by atoms with Crippen molar-refractivity contribution in [3.8, 4) is 9.75 Å². The number of rotatable bonds is 0. The number of fused-ring (bicyclic) bond motifs is 7. The first kappa shape index (κ1) is 14.4. The van der Waals surface area contributed by atoms with E-state index in [1.54, 1.807) is 11.1 Å². The largest absolute Gasteiger partial charge is 0.134 e. The molecule has 0 bridgehead atoms. The molecule has 0 nitrogen and oxygen atoms in total. The molecule has 0 aliphatic heterocycles. The van der Waals surface area contributed by atoms with E-state index >= 15 is 0 Å². The molecular weight excluding hydrogens is 328 g/mol. The molecule has 2 heterocycles. The zero-order valence-corrected chi connectivity index (χ0v) is 15.1. The van der Waals surface area contributed by atoms with Gasteiger partial charge in [0.1, 0.15) is 0 Å². The maximum Gasteiger partial charge on any atom is 0.0490 e. The molecule has 4 aromatic rings. The minimum absolute atomic E-state index is 1.14. The van der Waals surface area contributed by atoms with Gasteiger partial charge in [0.2, 0.25) is 0 Å². The van der Waals surface area contributed by atoms with Gasteiger partial charge in [-0.25, -0.2) is 0 Å². The van der Waals surface area contributed by atoms with Crippen molar-refractivity contribution >= 4 is 42.8 Å². The lowest BCUT2D eigenvalue weighted by atomic mass is 9.98. The van der Waals surface area contributed by atoms with Crippen LogP contribution >= 0.6 is 22.7 Å². The fourth-order valence-electron chi connectivity index (χ4n) is 3.75. The smallest absolute Gasteiger partial charge is 0.0490 e. The van der Waals surface area contributed by atoms with Gasteiger partial charge in [-0.1, -0.05) is 48.6 Å². The molecule has 118 valence electrons. The van der Waals surface area contributed by atoms with Crippen LogP contribution < -0.4 is 0 Å². The highest BCUT2D eigenvalue weighted by molar-refractivity contribution is 7.28. The number of aryl methyl sites for hydroxylation is 2. The van der Waals surface area contributed by atoms with Crippen LogP contribution in [0.2, 0.25) is 0 Å². The fraction of sp³-hybridized carbons (Fsp3) is 0.182. The quantitative estimate of drug-likeness (QED) is 0.295. The topological polar surface area (TPSA) is 0 Å². The molecule has 1 aliphatic carbocycles. The van der Waals surface area contributed by atoms with Gasteiger partial charge in [0.15, 0.2) is 0 Å². The van der Waals surface area contributed by atoms with Crippen molar-refractivity contribution in [3.63, 3.8) is 0 Å². The predicted octanol–water partition coefficient (Wildman–Crippen LogP) is 7.22. The summed E-state index contributed by atoms with van der Waals surface area (Å²) in [5.41, 5.74) is 3.10. The third-order valence-electron chi connectivity index (χ3n) is 4.89. The summed E-state index contributed by atoms with van der Waals surface area (Å²) in [5.74, 6) is 0. The first-order chi connectivity index (χ1) is 11.9. The van der Waals surface area contributed by atoms with Crippen molar-refractivity contribution in [2.24, 2.45) is 0 Å². The normalized spacial score (nSPS) is 16.0. The minimum Gasteiger partial charge on any atom is -0.134 e. The number of hydrogen-bond donors (Lipinski definition) is 0. The first-order valence-electron chi connectivity index (χ1n) is 8.58. The van der Waals surface area contributed by atoms with Gasteiger partial charge in [-0.3, -0.25) is 0 Å². The highest BCUT2D eigenvalue weighted by Crippen LogP contribution is 2.47. The zero-order valence-electron chi connectivity index (χ0n) is 13.4. The van der Waals surface area contributed by atoms with E-state index in [2.05, 4.69) is 60.7 Å². The molecule has 2 aromatic heterocycles. The Morgan fingerprint density at radius 2 is 1.04 bits per heavy atom. The second-order valence-corrected chi connectivity index (χ2v) is 8.46. The molecule has 5 rings (SSSR count). The molecule has 0 fully saturated rings. The minimum atomic E-state index is 1.14. The van der Waals surface area contributed by atoms with Gasteiger partial charge in [0.05, 0.1) is 0 Å². The highest BCUT2D eigenvalue weighted by atomic mass is 32.1. The van der Waals surface area contributed by atoms with E-state index in [4.69, 9.17) is 0 Å². The lowest BCUT2D eigenvalue weighted by Gasteiger charge is -2.07. The second-order valence-electron chi connectivity index (χ2n) is 6.36. The molecule has 2 heteroatoms. The lowest BCUT2D eigenvalue weighted by Crippen LogP contribution is -1.90. The van der Waals surface area contributed by atoms with Crippen molar-refractivity contribution in [1.82, 2.24) is 0 Å². The van der Waals surface area contributed by atoms with Gasteiger partial charge in [-0.15, -0.1) is 22.7 Å². The van der Waals surface area contributed by atoms with Crippen molar-refractivity contribution < 1.29 is 0 Å². The molecule has 0 unspecified atom stereocenters. The Morgan fingerprint density at radius 3 is 1.54 bits per heavy atom. The van der Waals surface area contributed by atoms with Crippen LogP contribution in [-0.4, -0.2) is 0 Å². The molecular formula is C22H18S2. The number of allylic oxidation sites excluding steroid dienone is 2. The standard InChI is InChI=1S/C22H18S2/c1-2-4-12-18-16-10-6-8-14-20(16)24-22(18)21-17(11-3-1)15-9-5-7-13-19(15)23-21/h1-2,5-10,13-14H,3-4,11-12H2/b2-1+. The molecule has 0 amide bonds. The maximum absolute atomic E-state index is 2.37. The summed E-state index contributed by atoms with van der Waals surface area (Å²) in [6.07, 6.45) is 9.32. The molecule has 2 aromatic carbocycles. The van der Waals surface area contributed by atoms with E-state index < -0.39 is 0 Å². The van der Waals surface area contributed by atoms with Crippen LogP contribution in [0, 0.1) is 0 Å². The van der Waals surface area contributed by atoms with E-state index in [9.17, 15) is 0 Å². The molecule has 24 heavy (non-hydrogen) atoms. The summed E-state index contributed by atoms with van der Waals surface area (Å²) in [4.78, 5) is 3.03. The van der Waals surface area contributed by atoms with Gasteiger partial charge in [0, 0.05) is 19.2 Å². The van der Waals surface area contributed by atoms with Crippen LogP contribution in [0.4, 0.5) is 0 Å². The van der Waals surface area contributed by atoms with E-state index in [-0.39, 0.29) is 0 Å². The molecule has 1 aliphatic rings. The molecule has 0 spiro atoms. The Balaban J connectivity index is 1.86.